The summed E-state index contributed by atoms with van der Waals surface area (Å²) in [7, 11) is 1.22. The molecule has 4 aromatic rings. The predicted molar refractivity (Wildman–Crippen MR) is 186 cm³/mol. The minimum absolute atomic E-state index is 0.157. The Morgan fingerprint density at radius 1 is 0.940 bits per heavy atom. The zero-order valence-electron chi connectivity index (χ0n) is 28.1. The number of alkyl carbamates (subject to hydrolysis) is 1. The van der Waals surface area contributed by atoms with E-state index in [0.717, 1.165) is 24.0 Å². The van der Waals surface area contributed by atoms with E-state index in [0.29, 0.717) is 48.6 Å². The summed E-state index contributed by atoms with van der Waals surface area (Å²) in [6.45, 7) is 3.01. The highest BCUT2D eigenvalue weighted by atomic mass is 16.5. The van der Waals surface area contributed by atoms with Crippen molar-refractivity contribution in [1.82, 2.24) is 35.5 Å². The number of nitrogen functional groups attached to an aromatic ring is 1. The van der Waals surface area contributed by atoms with E-state index in [4.69, 9.17) is 15.2 Å². The third kappa shape index (κ3) is 10.8. The van der Waals surface area contributed by atoms with Crippen molar-refractivity contribution in [3.63, 3.8) is 0 Å². The summed E-state index contributed by atoms with van der Waals surface area (Å²) in [5.74, 6) is -1.21. The van der Waals surface area contributed by atoms with Gasteiger partial charge in [-0.2, -0.15) is 9.97 Å². The molecule has 1 atom stereocenters. The van der Waals surface area contributed by atoms with Crippen LogP contribution in [0.2, 0.25) is 0 Å². The monoisotopic (exact) mass is 689 g/mol. The first kappa shape index (κ1) is 36.9. The number of benzene rings is 2. The number of hydrogen-bond donors (Lipinski definition) is 6. The Morgan fingerprint density at radius 2 is 1.70 bits per heavy atom. The first-order valence-electron chi connectivity index (χ1n) is 16.4. The highest BCUT2D eigenvalue weighted by Crippen LogP contribution is 2.18. The van der Waals surface area contributed by atoms with Crippen LogP contribution >= 0.6 is 0 Å². The van der Waals surface area contributed by atoms with Crippen LogP contribution in [0.1, 0.15) is 60.5 Å². The quantitative estimate of drug-likeness (QED) is 0.0657. The molecular formula is C34H43N9O7. The number of nitrogens with zero attached hydrogens (tertiary/aromatic N) is 3. The van der Waals surface area contributed by atoms with Crippen molar-refractivity contribution >= 4 is 46.8 Å². The molecule has 0 unspecified atom stereocenters. The number of rotatable bonds is 18. The molecule has 16 nitrogen and oxygen atoms in total. The lowest BCUT2D eigenvalue weighted by atomic mass is 10.1. The summed E-state index contributed by atoms with van der Waals surface area (Å²) in [5.41, 5.74) is 8.25. The molecule has 16 heteroatoms. The minimum Gasteiger partial charge on any atom is -0.467 e. The number of ether oxygens (including phenoxy) is 2. The first-order chi connectivity index (χ1) is 24.2. The van der Waals surface area contributed by atoms with E-state index >= 15 is 0 Å². The maximum Gasteiger partial charge on any atom is 0.407 e. The minimum atomic E-state index is -0.926. The second-order valence-electron chi connectivity index (χ2n) is 11.4. The number of aromatic amines is 1. The number of unbranched alkanes of at least 4 members (excludes halogenated alkanes) is 2. The van der Waals surface area contributed by atoms with Gasteiger partial charge in [0, 0.05) is 18.7 Å². The molecule has 0 aliphatic heterocycles. The van der Waals surface area contributed by atoms with Gasteiger partial charge in [-0.25, -0.2) is 14.4 Å². The van der Waals surface area contributed by atoms with E-state index in [9.17, 15) is 24.0 Å². The maximum atomic E-state index is 12.8. The standard InChI is InChI=1S/C34H43N9O7/c1-3-4-17-36-32-41-28(35)27-29(42-32)43(33(47)40-27)20-22-13-15-24(16-14-22)30(45)38-19-26(44)39-25(31(46)49-2)12-8-9-18-37-34(48)50-21-23-10-6-5-7-11-23/h5-7,10-11,13-16,25H,3-4,8-9,12,17-21H2,1-2H3,(H,37,48)(H,38,45)(H,39,44)(H,40,47)(H3,35,36,41,42)/t25-/m0/s1. The topological polar surface area (TPSA) is 224 Å². The fourth-order valence-corrected chi connectivity index (χ4v) is 4.94. The van der Waals surface area contributed by atoms with Crippen molar-refractivity contribution < 1.29 is 28.7 Å². The molecule has 0 aliphatic carbocycles. The van der Waals surface area contributed by atoms with Crippen LogP contribution < -0.4 is 32.7 Å². The average molecular weight is 690 g/mol. The summed E-state index contributed by atoms with van der Waals surface area (Å²) < 4.78 is 11.4. The van der Waals surface area contributed by atoms with Crippen LogP contribution in [-0.4, -0.2) is 76.2 Å². The maximum absolute atomic E-state index is 12.8. The SMILES string of the molecule is CCCCNc1nc(N)c2[nH]c(=O)n(Cc3ccc(C(=O)NCC(=O)N[C@@H](CCCCNC(=O)OCc4ccccc4)C(=O)OC)cc3)c2n1. The molecule has 0 bridgehead atoms. The molecule has 3 amide bonds. The molecule has 4 rings (SSSR count). The fraction of sp³-hybridized carbons (Fsp3) is 0.382. The van der Waals surface area contributed by atoms with Gasteiger partial charge in [0.15, 0.2) is 11.5 Å². The van der Waals surface area contributed by atoms with Crippen LogP contribution in [0.5, 0.6) is 0 Å². The molecular weight excluding hydrogens is 646 g/mol. The highest BCUT2D eigenvalue weighted by molar-refractivity contribution is 5.97. The van der Waals surface area contributed by atoms with Crippen molar-refractivity contribution in [3.05, 3.63) is 81.8 Å². The third-order valence-electron chi connectivity index (χ3n) is 7.65. The Labute approximate surface area is 288 Å². The molecule has 0 radical (unpaired) electrons. The Kier molecular flexibility index (Phi) is 13.7. The summed E-state index contributed by atoms with van der Waals surface area (Å²) in [6.07, 6.45) is 2.67. The molecule has 50 heavy (non-hydrogen) atoms. The molecule has 266 valence electrons. The number of fused-ring (bicyclic) bond motifs is 1. The van der Waals surface area contributed by atoms with Crippen molar-refractivity contribution in [2.45, 2.75) is 58.2 Å². The number of esters is 1. The van der Waals surface area contributed by atoms with Gasteiger partial charge in [0.1, 0.15) is 18.2 Å². The Balaban J connectivity index is 1.22. The van der Waals surface area contributed by atoms with E-state index in [2.05, 4.69) is 43.1 Å². The zero-order valence-corrected chi connectivity index (χ0v) is 28.1. The number of anilines is 2. The molecule has 7 N–H and O–H groups in total. The Bertz CT molecular complexity index is 1810. The third-order valence-corrected chi connectivity index (χ3v) is 7.65. The van der Waals surface area contributed by atoms with Gasteiger partial charge in [0.2, 0.25) is 11.9 Å². The normalized spacial score (nSPS) is 11.4. The molecule has 0 saturated heterocycles. The lowest BCUT2D eigenvalue weighted by molar-refractivity contribution is -0.145. The molecule has 2 heterocycles. The van der Waals surface area contributed by atoms with Crippen LogP contribution in [0.15, 0.2) is 59.4 Å². The number of carbonyl (C=O) groups is 4. The molecule has 2 aromatic heterocycles. The molecule has 2 aromatic carbocycles. The van der Waals surface area contributed by atoms with Crippen molar-refractivity contribution in [1.29, 1.82) is 0 Å². The zero-order chi connectivity index (χ0) is 35.9. The lowest BCUT2D eigenvalue weighted by Crippen LogP contribution is -2.46. The van der Waals surface area contributed by atoms with Gasteiger partial charge in [-0.15, -0.1) is 0 Å². The smallest absolute Gasteiger partial charge is 0.407 e. The van der Waals surface area contributed by atoms with Crippen LogP contribution in [0, 0.1) is 0 Å². The van der Waals surface area contributed by atoms with Gasteiger partial charge in [0.05, 0.1) is 20.2 Å². The number of amides is 3. The Hall–Kier alpha value is -5.93. The van der Waals surface area contributed by atoms with Gasteiger partial charge in [-0.05, 0) is 48.9 Å². The molecule has 0 aliphatic rings. The first-order valence-corrected chi connectivity index (χ1v) is 16.4. The summed E-state index contributed by atoms with van der Waals surface area (Å²) in [6, 6.07) is 14.9. The molecule has 0 spiro atoms. The number of H-pyrrole nitrogens is 1. The summed E-state index contributed by atoms with van der Waals surface area (Å²) in [5, 5.41) is 10.9. The van der Waals surface area contributed by atoms with Crippen LogP contribution in [0.3, 0.4) is 0 Å². The average Bonchev–Trinajstić information content (AvgIpc) is 3.44. The van der Waals surface area contributed by atoms with E-state index in [1.54, 1.807) is 24.3 Å². The van der Waals surface area contributed by atoms with Crippen molar-refractivity contribution in [3.8, 4) is 0 Å². The van der Waals surface area contributed by atoms with Gasteiger partial charge >= 0.3 is 17.8 Å². The van der Waals surface area contributed by atoms with E-state index in [1.807, 2.05) is 30.3 Å². The van der Waals surface area contributed by atoms with Crippen molar-refractivity contribution in [2.75, 3.05) is 37.8 Å². The van der Waals surface area contributed by atoms with Crippen LogP contribution in [-0.2, 0) is 32.2 Å². The summed E-state index contributed by atoms with van der Waals surface area (Å²) >= 11 is 0. The van der Waals surface area contributed by atoms with Crippen LogP contribution in [0.4, 0.5) is 16.6 Å². The van der Waals surface area contributed by atoms with E-state index in [1.165, 1.54) is 11.7 Å². The number of imidazole rings is 1. The second kappa shape index (κ2) is 18.6. The highest BCUT2D eigenvalue weighted by Gasteiger charge is 2.22. The number of nitrogens with one attached hydrogen (secondary N) is 5. The summed E-state index contributed by atoms with van der Waals surface area (Å²) in [4.78, 5) is 73.7. The molecule has 0 fully saturated rings. The number of hydrogen-bond acceptors (Lipinski definition) is 11. The van der Waals surface area contributed by atoms with Gasteiger partial charge in [-0.3, -0.25) is 14.2 Å². The lowest BCUT2D eigenvalue weighted by Gasteiger charge is -2.17. The number of carbonyl (C=O) groups excluding carboxylic acids is 4. The second-order valence-corrected chi connectivity index (χ2v) is 11.4. The van der Waals surface area contributed by atoms with Crippen LogP contribution in [0.25, 0.3) is 11.2 Å². The largest absolute Gasteiger partial charge is 0.467 e. The fourth-order valence-electron chi connectivity index (χ4n) is 4.94. The Morgan fingerprint density at radius 3 is 2.42 bits per heavy atom. The molecule has 0 saturated carbocycles. The number of methoxy groups -OCH3 is 1. The van der Waals surface area contributed by atoms with Crippen molar-refractivity contribution in [2.24, 2.45) is 0 Å². The van der Waals surface area contributed by atoms with Gasteiger partial charge < -0.3 is 41.5 Å². The van der Waals surface area contributed by atoms with E-state index in [-0.39, 0.29) is 31.9 Å². The number of aromatic nitrogens is 4. The van der Waals surface area contributed by atoms with Gasteiger partial charge in [0.25, 0.3) is 5.91 Å². The van der Waals surface area contributed by atoms with E-state index < -0.39 is 35.6 Å². The van der Waals surface area contributed by atoms with Gasteiger partial charge in [-0.1, -0.05) is 55.8 Å². The number of nitrogens with two attached hydrogens (primary N) is 1. The predicted octanol–water partition coefficient (Wildman–Crippen LogP) is 2.45.